The van der Waals surface area contributed by atoms with Crippen molar-refractivity contribution in [1.82, 2.24) is 9.55 Å². The van der Waals surface area contributed by atoms with E-state index in [0.717, 1.165) is 16.8 Å². The van der Waals surface area contributed by atoms with Crippen LogP contribution in [-0.2, 0) is 4.74 Å². The summed E-state index contributed by atoms with van der Waals surface area (Å²) in [6.45, 7) is -0.665. The van der Waals surface area contributed by atoms with Gasteiger partial charge in [0.1, 0.15) is 24.4 Å². The Morgan fingerprint density at radius 1 is 1.37 bits per heavy atom. The fraction of sp³-hybridized carbons (Fsp3) is 0.600. The van der Waals surface area contributed by atoms with Crippen LogP contribution in [0.15, 0.2) is 21.9 Å². The third-order valence-corrected chi connectivity index (χ3v) is 2.97. The second-order valence-electron chi connectivity index (χ2n) is 4.24. The minimum Gasteiger partial charge on any atom is -0.394 e. The number of nitrogens with one attached hydrogen (secondary N) is 1. The van der Waals surface area contributed by atoms with Gasteiger partial charge in [-0.05, 0) is 0 Å². The molecular formula is C10H14N2O7. The molecule has 5 atom stereocenters. The van der Waals surface area contributed by atoms with Crippen LogP contribution in [0.25, 0.3) is 0 Å². The molecule has 1 fully saturated rings. The van der Waals surface area contributed by atoms with Gasteiger partial charge in [0.15, 0.2) is 6.23 Å². The molecule has 0 amide bonds. The summed E-state index contributed by atoms with van der Waals surface area (Å²) in [5.74, 6) is 0. The van der Waals surface area contributed by atoms with Gasteiger partial charge in [0.25, 0.3) is 5.56 Å². The Labute approximate surface area is 106 Å². The lowest BCUT2D eigenvalue weighted by Gasteiger charge is -2.18. The van der Waals surface area contributed by atoms with Gasteiger partial charge in [-0.15, -0.1) is 0 Å². The third-order valence-electron chi connectivity index (χ3n) is 2.97. The number of nitrogens with zero attached hydrogens (tertiary/aromatic N) is 1. The fourth-order valence-electron chi connectivity index (χ4n) is 1.97. The summed E-state index contributed by atoms with van der Waals surface area (Å²) in [5.41, 5.74) is -1.43. The maximum Gasteiger partial charge on any atom is 0.330 e. The molecule has 1 aromatic rings. The third kappa shape index (κ3) is 2.46. The van der Waals surface area contributed by atoms with E-state index in [1.165, 1.54) is 0 Å². The molecule has 19 heavy (non-hydrogen) atoms. The Bertz CT molecular complexity index is 553. The van der Waals surface area contributed by atoms with Crippen LogP contribution in [0.5, 0.6) is 0 Å². The first-order valence-corrected chi connectivity index (χ1v) is 5.57. The summed E-state index contributed by atoms with van der Waals surface area (Å²) in [6, 6.07) is 1.06. The Hall–Kier alpha value is -1.52. The number of rotatable bonds is 3. The molecular weight excluding hydrogens is 260 g/mol. The van der Waals surface area contributed by atoms with E-state index in [1.54, 1.807) is 0 Å². The molecule has 1 unspecified atom stereocenters. The highest BCUT2D eigenvalue weighted by atomic mass is 16.6. The molecule has 106 valence electrons. The average molecular weight is 274 g/mol. The van der Waals surface area contributed by atoms with Crippen LogP contribution in [0.4, 0.5) is 0 Å². The Morgan fingerprint density at radius 2 is 2.05 bits per heavy atom. The van der Waals surface area contributed by atoms with E-state index in [-0.39, 0.29) is 0 Å². The summed E-state index contributed by atoms with van der Waals surface area (Å²) in [4.78, 5) is 24.5. The highest BCUT2D eigenvalue weighted by Gasteiger charge is 2.46. The molecule has 1 aromatic heterocycles. The van der Waals surface area contributed by atoms with Crippen molar-refractivity contribution in [2.24, 2.45) is 0 Å². The lowest BCUT2D eigenvalue weighted by atomic mass is 10.1. The van der Waals surface area contributed by atoms with E-state index in [4.69, 9.17) is 9.84 Å². The average Bonchev–Trinajstić information content (AvgIpc) is 2.66. The molecule has 0 spiro atoms. The zero-order valence-corrected chi connectivity index (χ0v) is 9.71. The Balaban J connectivity index is 2.31. The van der Waals surface area contributed by atoms with Crippen LogP contribution in [0.1, 0.15) is 6.23 Å². The zero-order chi connectivity index (χ0) is 14.2. The van der Waals surface area contributed by atoms with Gasteiger partial charge in [0, 0.05) is 12.3 Å². The van der Waals surface area contributed by atoms with Gasteiger partial charge in [-0.2, -0.15) is 0 Å². The minimum atomic E-state index is -1.48. The van der Waals surface area contributed by atoms with E-state index in [0.29, 0.717) is 0 Å². The largest absolute Gasteiger partial charge is 0.394 e. The van der Waals surface area contributed by atoms with Crippen molar-refractivity contribution < 1.29 is 25.2 Å². The van der Waals surface area contributed by atoms with Crippen molar-refractivity contribution in [1.29, 1.82) is 0 Å². The summed E-state index contributed by atoms with van der Waals surface area (Å²) < 4.78 is 6.06. The molecule has 0 bridgehead atoms. The van der Waals surface area contributed by atoms with Crippen molar-refractivity contribution in [2.45, 2.75) is 30.6 Å². The van der Waals surface area contributed by atoms with Gasteiger partial charge in [0.05, 0.1) is 6.61 Å². The number of H-pyrrole nitrogens is 1. The summed E-state index contributed by atoms with van der Waals surface area (Å²) in [5, 5.41) is 37.7. The molecule has 1 aliphatic rings. The lowest BCUT2D eigenvalue weighted by molar-refractivity contribution is -0.0982. The molecule has 2 rings (SSSR count). The Morgan fingerprint density at radius 3 is 2.63 bits per heavy atom. The first-order valence-electron chi connectivity index (χ1n) is 5.57. The van der Waals surface area contributed by atoms with Crippen LogP contribution < -0.4 is 11.2 Å². The molecule has 2 heterocycles. The molecule has 5 N–H and O–H groups in total. The second-order valence-corrected chi connectivity index (χ2v) is 4.24. The predicted molar refractivity (Wildman–Crippen MR) is 60.3 cm³/mol. The summed E-state index contributed by atoms with van der Waals surface area (Å²) >= 11 is 0. The van der Waals surface area contributed by atoms with E-state index in [1.807, 2.05) is 4.98 Å². The smallest absolute Gasteiger partial charge is 0.330 e. The van der Waals surface area contributed by atoms with E-state index < -0.39 is 48.5 Å². The molecule has 0 aliphatic carbocycles. The monoisotopic (exact) mass is 274 g/mol. The number of aliphatic hydroxyl groups is 4. The van der Waals surface area contributed by atoms with Crippen molar-refractivity contribution in [3.63, 3.8) is 0 Å². The first kappa shape index (κ1) is 13.9. The number of aliphatic hydroxyl groups excluding tert-OH is 4. The van der Waals surface area contributed by atoms with E-state index >= 15 is 0 Å². The van der Waals surface area contributed by atoms with Gasteiger partial charge in [-0.25, -0.2) is 4.79 Å². The van der Waals surface area contributed by atoms with Gasteiger partial charge in [-0.3, -0.25) is 14.3 Å². The first-order chi connectivity index (χ1) is 8.95. The quantitative estimate of drug-likeness (QED) is 0.384. The molecule has 1 aliphatic heterocycles. The van der Waals surface area contributed by atoms with Crippen LogP contribution in [0, 0.1) is 0 Å². The van der Waals surface area contributed by atoms with Crippen LogP contribution >= 0.6 is 0 Å². The summed E-state index contributed by atoms with van der Waals surface area (Å²) in [7, 11) is 0. The van der Waals surface area contributed by atoms with Crippen LogP contribution in [0.3, 0.4) is 0 Å². The number of aromatic nitrogens is 2. The molecule has 1 saturated heterocycles. The number of hydrogen-bond acceptors (Lipinski definition) is 7. The molecule has 0 radical (unpaired) electrons. The van der Waals surface area contributed by atoms with E-state index in [9.17, 15) is 24.9 Å². The minimum absolute atomic E-state index is 0.610. The number of hydrogen-bond donors (Lipinski definition) is 5. The lowest BCUT2D eigenvalue weighted by Crippen LogP contribution is -2.40. The maximum absolute atomic E-state index is 11.5. The number of ether oxygens (including phenoxy) is 1. The van der Waals surface area contributed by atoms with Crippen LogP contribution in [0.2, 0.25) is 0 Å². The van der Waals surface area contributed by atoms with Gasteiger partial charge in [-0.1, -0.05) is 0 Å². The predicted octanol–water partition coefficient (Wildman–Crippen LogP) is -3.49. The molecule has 0 saturated carbocycles. The van der Waals surface area contributed by atoms with Crippen LogP contribution in [-0.4, -0.2) is 61.0 Å². The van der Waals surface area contributed by atoms with Gasteiger partial charge >= 0.3 is 5.69 Å². The highest BCUT2D eigenvalue weighted by Crippen LogP contribution is 2.29. The molecule has 9 nitrogen and oxygen atoms in total. The maximum atomic E-state index is 11.5. The second kappa shape index (κ2) is 5.23. The van der Waals surface area contributed by atoms with Crippen molar-refractivity contribution in [3.8, 4) is 0 Å². The fourth-order valence-corrected chi connectivity index (χ4v) is 1.97. The SMILES string of the molecule is O=c1ccn(C2O[C@H]([C@H](O)CO)[C@H](O)[C@H]2O)c(=O)[nH]1. The topological polar surface area (TPSA) is 145 Å². The van der Waals surface area contributed by atoms with E-state index in [2.05, 4.69) is 0 Å². The highest BCUT2D eigenvalue weighted by molar-refractivity contribution is 4.95. The Kier molecular flexibility index (Phi) is 3.83. The van der Waals surface area contributed by atoms with Gasteiger partial charge < -0.3 is 25.2 Å². The summed E-state index contributed by atoms with van der Waals surface area (Å²) in [6.07, 6.45) is -5.72. The van der Waals surface area contributed by atoms with Crippen molar-refractivity contribution in [3.05, 3.63) is 33.1 Å². The van der Waals surface area contributed by atoms with Gasteiger partial charge in [0.2, 0.25) is 0 Å². The normalized spacial score (nSPS) is 32.4. The molecule has 0 aromatic carbocycles. The number of aromatic amines is 1. The van der Waals surface area contributed by atoms with Crippen molar-refractivity contribution >= 4 is 0 Å². The standard InChI is InChI=1S/C10H14N2O7/c13-3-4(14)8-6(16)7(17)9(19-8)12-2-1-5(15)11-10(12)18/h1-2,4,6-9,13-14,16-17H,3H2,(H,11,15,18)/t4-,6-,7-,8-,9?/m1/s1. The zero-order valence-electron chi connectivity index (χ0n) is 9.71. The van der Waals surface area contributed by atoms with Crippen molar-refractivity contribution in [2.75, 3.05) is 6.61 Å². The molecule has 9 heteroatoms.